The van der Waals surface area contributed by atoms with Crippen molar-refractivity contribution in [3.8, 4) is 0 Å². The molecule has 1 atom stereocenters. The molecule has 0 amide bonds. The number of nitrogens with two attached hydrogens (primary N) is 1. The molecule has 2 aromatic carbocycles. The molecule has 1 unspecified atom stereocenters. The molecule has 88 valence electrons. The minimum Gasteiger partial charge on any atom is -0.397 e. The van der Waals surface area contributed by atoms with Crippen LogP contribution >= 0.6 is 0 Å². The highest BCUT2D eigenvalue weighted by molar-refractivity contribution is 5.98. The molecule has 0 bridgehead atoms. The number of fused-ring (bicyclic) bond motifs is 1. The zero-order chi connectivity index (χ0) is 11.7. The Bertz CT molecular complexity index is 530. The van der Waals surface area contributed by atoms with Crippen LogP contribution in [0.1, 0.15) is 6.42 Å². The zero-order valence-electron chi connectivity index (χ0n) is 9.74. The number of hydrogen-bond acceptors (Lipinski definition) is 3. The molecule has 2 aromatic rings. The Morgan fingerprint density at radius 3 is 2.88 bits per heavy atom. The summed E-state index contributed by atoms with van der Waals surface area (Å²) >= 11 is 0. The summed E-state index contributed by atoms with van der Waals surface area (Å²) < 4.78 is 0. The summed E-state index contributed by atoms with van der Waals surface area (Å²) in [4.78, 5) is 0. The van der Waals surface area contributed by atoms with Gasteiger partial charge in [0.2, 0.25) is 0 Å². The predicted octanol–water partition coefficient (Wildman–Crippen LogP) is 2.20. The summed E-state index contributed by atoms with van der Waals surface area (Å²) in [6, 6.07) is 12.9. The Morgan fingerprint density at radius 2 is 2.06 bits per heavy atom. The summed E-state index contributed by atoms with van der Waals surface area (Å²) in [7, 11) is 0. The molecule has 4 N–H and O–H groups in total. The molecule has 3 nitrogen and oxygen atoms in total. The van der Waals surface area contributed by atoms with Gasteiger partial charge in [-0.2, -0.15) is 0 Å². The lowest BCUT2D eigenvalue weighted by atomic mass is 10.1. The van der Waals surface area contributed by atoms with E-state index in [4.69, 9.17) is 5.73 Å². The molecular formula is C14H17N3. The van der Waals surface area contributed by atoms with Crippen LogP contribution in [0, 0.1) is 0 Å². The van der Waals surface area contributed by atoms with Gasteiger partial charge in [-0.3, -0.25) is 0 Å². The molecule has 1 saturated heterocycles. The molecule has 0 saturated carbocycles. The van der Waals surface area contributed by atoms with Crippen molar-refractivity contribution < 1.29 is 0 Å². The van der Waals surface area contributed by atoms with Crippen LogP contribution in [0.25, 0.3) is 10.8 Å². The SMILES string of the molecule is Nc1c(NC2CCNC2)ccc2ccccc12. The van der Waals surface area contributed by atoms with Gasteiger partial charge in [-0.05, 0) is 24.4 Å². The average Bonchev–Trinajstić information content (AvgIpc) is 2.86. The van der Waals surface area contributed by atoms with Crippen molar-refractivity contribution in [1.29, 1.82) is 0 Å². The second kappa shape index (κ2) is 4.26. The molecular weight excluding hydrogens is 210 g/mol. The molecule has 1 heterocycles. The van der Waals surface area contributed by atoms with Crippen LogP contribution in [0.2, 0.25) is 0 Å². The highest BCUT2D eigenvalue weighted by atomic mass is 15.0. The first-order valence-corrected chi connectivity index (χ1v) is 6.09. The van der Waals surface area contributed by atoms with Gasteiger partial charge >= 0.3 is 0 Å². The highest BCUT2D eigenvalue weighted by Crippen LogP contribution is 2.29. The summed E-state index contributed by atoms with van der Waals surface area (Å²) in [5.74, 6) is 0. The number of benzene rings is 2. The van der Waals surface area contributed by atoms with Crippen LogP contribution in [0.3, 0.4) is 0 Å². The van der Waals surface area contributed by atoms with Crippen LogP contribution < -0.4 is 16.4 Å². The predicted molar refractivity (Wildman–Crippen MR) is 73.3 cm³/mol. The van der Waals surface area contributed by atoms with Crippen LogP contribution in [0.4, 0.5) is 11.4 Å². The maximum absolute atomic E-state index is 6.21. The fraction of sp³-hybridized carbons (Fsp3) is 0.286. The van der Waals surface area contributed by atoms with Gasteiger partial charge < -0.3 is 16.4 Å². The van der Waals surface area contributed by atoms with Crippen LogP contribution in [-0.2, 0) is 0 Å². The van der Waals surface area contributed by atoms with E-state index in [9.17, 15) is 0 Å². The Labute approximate surface area is 101 Å². The molecule has 17 heavy (non-hydrogen) atoms. The molecule has 0 aliphatic carbocycles. The summed E-state index contributed by atoms with van der Waals surface area (Å²) in [6.45, 7) is 2.11. The normalized spacial score (nSPS) is 19.6. The smallest absolute Gasteiger partial charge is 0.0629 e. The van der Waals surface area contributed by atoms with Crippen LogP contribution in [-0.4, -0.2) is 19.1 Å². The van der Waals surface area contributed by atoms with E-state index >= 15 is 0 Å². The minimum atomic E-state index is 0.499. The third-order valence-electron chi connectivity index (χ3n) is 3.39. The van der Waals surface area contributed by atoms with Gasteiger partial charge in [0, 0.05) is 18.0 Å². The van der Waals surface area contributed by atoms with Crippen molar-refractivity contribution in [3.05, 3.63) is 36.4 Å². The van der Waals surface area contributed by atoms with Crippen molar-refractivity contribution in [2.75, 3.05) is 24.1 Å². The Hall–Kier alpha value is -1.74. The molecule has 3 heteroatoms. The second-order valence-corrected chi connectivity index (χ2v) is 4.58. The molecule has 1 aliphatic heterocycles. The van der Waals surface area contributed by atoms with E-state index < -0.39 is 0 Å². The van der Waals surface area contributed by atoms with Gasteiger partial charge in [0.1, 0.15) is 0 Å². The largest absolute Gasteiger partial charge is 0.397 e. The van der Waals surface area contributed by atoms with Crippen molar-refractivity contribution in [2.24, 2.45) is 0 Å². The minimum absolute atomic E-state index is 0.499. The third kappa shape index (κ3) is 1.94. The highest BCUT2D eigenvalue weighted by Gasteiger charge is 2.15. The van der Waals surface area contributed by atoms with Gasteiger partial charge in [-0.25, -0.2) is 0 Å². The maximum Gasteiger partial charge on any atom is 0.0629 e. The van der Waals surface area contributed by atoms with E-state index in [0.29, 0.717) is 6.04 Å². The molecule has 0 spiro atoms. The first-order valence-electron chi connectivity index (χ1n) is 6.09. The van der Waals surface area contributed by atoms with Gasteiger partial charge in [-0.15, -0.1) is 0 Å². The van der Waals surface area contributed by atoms with E-state index in [1.165, 1.54) is 5.39 Å². The van der Waals surface area contributed by atoms with E-state index in [-0.39, 0.29) is 0 Å². The maximum atomic E-state index is 6.21. The van der Waals surface area contributed by atoms with Crippen LogP contribution in [0.15, 0.2) is 36.4 Å². The lowest BCUT2D eigenvalue weighted by Crippen LogP contribution is -2.22. The van der Waals surface area contributed by atoms with Crippen molar-refractivity contribution in [3.63, 3.8) is 0 Å². The summed E-state index contributed by atoms with van der Waals surface area (Å²) in [5.41, 5.74) is 8.12. The number of hydrogen-bond donors (Lipinski definition) is 3. The first-order chi connectivity index (χ1) is 8.34. The van der Waals surface area contributed by atoms with Crippen molar-refractivity contribution in [2.45, 2.75) is 12.5 Å². The van der Waals surface area contributed by atoms with E-state index in [2.05, 4.69) is 34.9 Å². The Kier molecular flexibility index (Phi) is 2.61. The number of anilines is 2. The molecule has 0 aromatic heterocycles. The topological polar surface area (TPSA) is 50.1 Å². The van der Waals surface area contributed by atoms with Crippen molar-refractivity contribution in [1.82, 2.24) is 5.32 Å². The third-order valence-corrected chi connectivity index (χ3v) is 3.39. The lowest BCUT2D eigenvalue weighted by molar-refractivity contribution is 0.794. The quantitative estimate of drug-likeness (QED) is 0.689. The lowest BCUT2D eigenvalue weighted by Gasteiger charge is -2.16. The van der Waals surface area contributed by atoms with E-state index in [0.717, 1.165) is 36.3 Å². The first kappa shape index (κ1) is 10.4. The van der Waals surface area contributed by atoms with Crippen LogP contribution in [0.5, 0.6) is 0 Å². The summed E-state index contributed by atoms with van der Waals surface area (Å²) in [6.07, 6.45) is 1.16. The Morgan fingerprint density at radius 1 is 1.18 bits per heavy atom. The van der Waals surface area contributed by atoms with E-state index in [1.807, 2.05) is 12.1 Å². The second-order valence-electron chi connectivity index (χ2n) is 4.58. The molecule has 1 fully saturated rings. The molecule has 1 aliphatic rings. The van der Waals surface area contributed by atoms with Gasteiger partial charge in [-0.1, -0.05) is 30.3 Å². The standard InChI is InChI=1S/C14H17N3/c15-14-12-4-2-1-3-10(12)5-6-13(14)17-11-7-8-16-9-11/h1-6,11,16-17H,7-9,15H2. The van der Waals surface area contributed by atoms with Crippen molar-refractivity contribution >= 4 is 22.1 Å². The van der Waals surface area contributed by atoms with Gasteiger partial charge in [0.25, 0.3) is 0 Å². The molecule has 3 rings (SSSR count). The van der Waals surface area contributed by atoms with Gasteiger partial charge in [0.15, 0.2) is 0 Å². The zero-order valence-corrected chi connectivity index (χ0v) is 9.74. The van der Waals surface area contributed by atoms with Gasteiger partial charge in [0.05, 0.1) is 11.4 Å². The average molecular weight is 227 g/mol. The number of rotatable bonds is 2. The Balaban J connectivity index is 1.96. The fourth-order valence-corrected chi connectivity index (χ4v) is 2.42. The fourth-order valence-electron chi connectivity index (χ4n) is 2.42. The number of nitrogens with one attached hydrogen (secondary N) is 2. The number of nitrogen functional groups attached to an aromatic ring is 1. The van der Waals surface area contributed by atoms with E-state index in [1.54, 1.807) is 0 Å². The monoisotopic (exact) mass is 227 g/mol. The molecule has 0 radical (unpaired) electrons. The summed E-state index contributed by atoms with van der Waals surface area (Å²) in [5, 5.41) is 9.18.